The molecule has 0 aliphatic heterocycles. The molecule has 0 fully saturated rings. The summed E-state index contributed by atoms with van der Waals surface area (Å²) >= 11 is 0. The van der Waals surface area contributed by atoms with Crippen molar-refractivity contribution in [2.24, 2.45) is 11.8 Å². The van der Waals surface area contributed by atoms with Crippen LogP contribution in [0, 0.1) is 11.8 Å². The molecule has 0 saturated carbocycles. The van der Waals surface area contributed by atoms with Crippen molar-refractivity contribution in [1.82, 2.24) is 0 Å². The molecule has 6 atom stereocenters. The fourth-order valence-electron chi connectivity index (χ4n) is 3.38. The zero-order chi connectivity index (χ0) is 26.1. The van der Waals surface area contributed by atoms with Crippen LogP contribution in [-0.4, -0.2) is 63.4 Å². The highest BCUT2D eigenvalue weighted by atomic mass is 16.5. The van der Waals surface area contributed by atoms with Crippen LogP contribution in [0.5, 0.6) is 0 Å². The van der Waals surface area contributed by atoms with Crippen LogP contribution < -0.4 is 5.11 Å². The number of hydrogen-bond donors (Lipinski definition) is 4. The van der Waals surface area contributed by atoms with Gasteiger partial charge in [-0.25, -0.2) is 4.79 Å². The van der Waals surface area contributed by atoms with Crippen molar-refractivity contribution >= 4 is 11.9 Å². The first-order valence-corrected chi connectivity index (χ1v) is 12.4. The molecule has 0 aromatic carbocycles. The van der Waals surface area contributed by atoms with Crippen molar-refractivity contribution in [3.05, 3.63) is 23.8 Å². The Labute approximate surface area is 204 Å². The Bertz CT molecular complexity index is 628. The van der Waals surface area contributed by atoms with Gasteiger partial charge in [-0.15, -0.1) is 0 Å². The first-order chi connectivity index (χ1) is 16.0. The standard InChI is InChI=1S/C26H46O8/c1-18(17-24(31)34-15-10-8-6-5-7-9-14-23(29)30)16-22(28)26(33)25(32)20(3)13-11-12-19(2)21(4)27/h11-12,17,19-22,25-28,32-33H,5-10,13-16H2,1-4H3,(H,29,30)/p-1/b12-11+,18-17+/t19-,20-,21+,22+,25-,26+/m1/s1. The summed E-state index contributed by atoms with van der Waals surface area (Å²) in [5.74, 6) is -1.85. The van der Waals surface area contributed by atoms with Gasteiger partial charge >= 0.3 is 5.97 Å². The minimum absolute atomic E-state index is 0.0131. The number of aliphatic hydroxyl groups excluding tert-OH is 4. The van der Waals surface area contributed by atoms with Crippen molar-refractivity contribution < 1.29 is 39.9 Å². The molecule has 0 rings (SSSR count). The summed E-state index contributed by atoms with van der Waals surface area (Å²) in [7, 11) is 0. The molecule has 0 heterocycles. The quantitative estimate of drug-likeness (QED) is 0.0940. The van der Waals surface area contributed by atoms with Gasteiger partial charge in [0.25, 0.3) is 0 Å². The Morgan fingerprint density at radius 3 is 2.09 bits per heavy atom. The minimum Gasteiger partial charge on any atom is -0.550 e. The van der Waals surface area contributed by atoms with Crippen LogP contribution in [0.2, 0.25) is 0 Å². The van der Waals surface area contributed by atoms with E-state index in [0.29, 0.717) is 18.4 Å². The monoisotopic (exact) mass is 485 g/mol. The summed E-state index contributed by atoms with van der Waals surface area (Å²) in [6.45, 7) is 7.29. The average molecular weight is 486 g/mol. The van der Waals surface area contributed by atoms with Crippen LogP contribution >= 0.6 is 0 Å². The maximum atomic E-state index is 11.9. The molecule has 0 aromatic rings. The van der Waals surface area contributed by atoms with Gasteiger partial charge in [0.05, 0.1) is 24.9 Å². The number of aliphatic hydroxyl groups is 4. The predicted molar refractivity (Wildman–Crippen MR) is 128 cm³/mol. The number of esters is 1. The number of allylic oxidation sites excluding steroid dienone is 1. The van der Waals surface area contributed by atoms with Gasteiger partial charge in [0, 0.05) is 12.0 Å². The molecule has 34 heavy (non-hydrogen) atoms. The number of rotatable bonds is 19. The molecule has 8 nitrogen and oxygen atoms in total. The molecule has 0 unspecified atom stereocenters. The van der Waals surface area contributed by atoms with Gasteiger partial charge in [-0.3, -0.25) is 0 Å². The van der Waals surface area contributed by atoms with Crippen molar-refractivity contribution in [3.8, 4) is 0 Å². The first kappa shape index (κ1) is 32.3. The SMILES string of the molecule is C/C(=C\C(=O)OCCCCCCCCC(=O)[O-])C[C@H](O)[C@H](O)[C@H](O)[C@H](C)C/C=C/[C@@H](C)[C@H](C)O. The lowest BCUT2D eigenvalue weighted by atomic mass is 9.91. The van der Waals surface area contributed by atoms with E-state index in [1.54, 1.807) is 20.8 Å². The molecule has 198 valence electrons. The van der Waals surface area contributed by atoms with Gasteiger partial charge in [-0.1, -0.05) is 57.3 Å². The number of carboxylic acid groups (broad SMARTS) is 1. The number of aliphatic carboxylic acids is 1. The van der Waals surface area contributed by atoms with E-state index in [2.05, 4.69) is 0 Å². The van der Waals surface area contributed by atoms with Gasteiger partial charge in [0.15, 0.2) is 0 Å². The fraction of sp³-hybridized carbons (Fsp3) is 0.769. The summed E-state index contributed by atoms with van der Waals surface area (Å²) in [5, 5.41) is 50.8. The third-order valence-electron chi connectivity index (χ3n) is 5.95. The Kier molecular flexibility index (Phi) is 17.6. The van der Waals surface area contributed by atoms with E-state index >= 15 is 0 Å². The van der Waals surface area contributed by atoms with Gasteiger partial charge in [-0.2, -0.15) is 0 Å². The molecule has 0 spiro atoms. The lowest BCUT2D eigenvalue weighted by Gasteiger charge is -2.27. The predicted octanol–water partition coefficient (Wildman–Crippen LogP) is 2.03. The molecule has 0 aliphatic carbocycles. The van der Waals surface area contributed by atoms with E-state index < -0.39 is 36.4 Å². The summed E-state index contributed by atoms with van der Waals surface area (Å²) < 4.78 is 5.16. The molecule has 8 heteroatoms. The zero-order valence-electron chi connectivity index (χ0n) is 21.2. The highest BCUT2D eigenvalue weighted by Crippen LogP contribution is 2.19. The highest BCUT2D eigenvalue weighted by Gasteiger charge is 2.28. The van der Waals surface area contributed by atoms with Gasteiger partial charge < -0.3 is 35.1 Å². The number of carbonyl (C=O) groups is 2. The number of unbranched alkanes of at least 4 members (excludes halogenated alkanes) is 5. The molecular formula is C26H45O8-. The van der Waals surface area contributed by atoms with Gasteiger partial charge in [0.2, 0.25) is 0 Å². The third-order valence-corrected chi connectivity index (χ3v) is 5.95. The first-order valence-electron chi connectivity index (χ1n) is 12.4. The second-order valence-electron chi connectivity index (χ2n) is 9.40. The summed E-state index contributed by atoms with van der Waals surface area (Å²) in [6.07, 6.45) is 6.36. The van der Waals surface area contributed by atoms with Crippen LogP contribution in [0.1, 0.15) is 85.5 Å². The fourth-order valence-corrected chi connectivity index (χ4v) is 3.38. The normalized spacial score (nSPS) is 17.7. The molecule has 4 N–H and O–H groups in total. The van der Waals surface area contributed by atoms with Crippen LogP contribution in [0.25, 0.3) is 0 Å². The lowest BCUT2D eigenvalue weighted by molar-refractivity contribution is -0.305. The largest absolute Gasteiger partial charge is 0.550 e. The number of ether oxygens (including phenoxy) is 1. The van der Waals surface area contributed by atoms with Crippen molar-refractivity contribution in [2.75, 3.05) is 6.61 Å². The van der Waals surface area contributed by atoms with E-state index in [1.165, 1.54) is 6.08 Å². The second-order valence-corrected chi connectivity index (χ2v) is 9.40. The molecule has 0 amide bonds. The van der Waals surface area contributed by atoms with E-state index in [-0.39, 0.29) is 31.3 Å². The van der Waals surface area contributed by atoms with Crippen LogP contribution in [-0.2, 0) is 14.3 Å². The Morgan fingerprint density at radius 1 is 0.912 bits per heavy atom. The maximum absolute atomic E-state index is 11.9. The molecule has 0 aliphatic rings. The number of hydrogen-bond acceptors (Lipinski definition) is 8. The van der Waals surface area contributed by atoms with Crippen LogP contribution in [0.3, 0.4) is 0 Å². The van der Waals surface area contributed by atoms with Crippen LogP contribution in [0.15, 0.2) is 23.8 Å². The summed E-state index contributed by atoms with van der Waals surface area (Å²) in [5.41, 5.74) is 0.537. The minimum atomic E-state index is -1.36. The topological polar surface area (TPSA) is 147 Å². The smallest absolute Gasteiger partial charge is 0.330 e. The van der Waals surface area contributed by atoms with E-state index in [9.17, 15) is 35.1 Å². The average Bonchev–Trinajstić information content (AvgIpc) is 2.76. The Hall–Kier alpha value is -1.74. The van der Waals surface area contributed by atoms with Crippen molar-refractivity contribution in [3.63, 3.8) is 0 Å². The van der Waals surface area contributed by atoms with Gasteiger partial charge in [-0.05, 0) is 57.8 Å². The molecule has 0 aromatic heterocycles. The molecule has 0 saturated heterocycles. The molecule has 0 bridgehead atoms. The van der Waals surface area contributed by atoms with E-state index in [1.807, 2.05) is 19.1 Å². The third kappa shape index (κ3) is 16.0. The second kappa shape index (κ2) is 18.6. The number of carboxylic acids is 1. The highest BCUT2D eigenvalue weighted by molar-refractivity contribution is 5.82. The number of carbonyl (C=O) groups excluding carboxylic acids is 2. The summed E-state index contributed by atoms with van der Waals surface area (Å²) in [4.78, 5) is 22.2. The lowest BCUT2D eigenvalue weighted by Crippen LogP contribution is -2.41. The summed E-state index contributed by atoms with van der Waals surface area (Å²) in [6, 6.07) is 0. The van der Waals surface area contributed by atoms with Gasteiger partial charge in [0.1, 0.15) is 6.10 Å². The Morgan fingerprint density at radius 2 is 1.50 bits per heavy atom. The van der Waals surface area contributed by atoms with E-state index in [4.69, 9.17) is 4.74 Å². The van der Waals surface area contributed by atoms with Crippen molar-refractivity contribution in [1.29, 1.82) is 0 Å². The van der Waals surface area contributed by atoms with E-state index in [0.717, 1.165) is 32.1 Å². The Balaban J connectivity index is 4.22. The maximum Gasteiger partial charge on any atom is 0.330 e. The zero-order valence-corrected chi connectivity index (χ0v) is 21.2. The van der Waals surface area contributed by atoms with Crippen molar-refractivity contribution in [2.45, 2.75) is 110 Å². The molecule has 0 radical (unpaired) electrons. The molecular weight excluding hydrogens is 440 g/mol. The van der Waals surface area contributed by atoms with Crippen LogP contribution in [0.4, 0.5) is 0 Å².